The first-order chi connectivity index (χ1) is 6.13. The Balaban J connectivity index is 0.00000169. The minimum atomic E-state index is -0.149. The van der Waals surface area contributed by atoms with E-state index in [0.29, 0.717) is 17.1 Å². The molecule has 1 aromatic carbocycles. The Morgan fingerprint density at radius 2 is 2.14 bits per heavy atom. The molecular formula is C9H12ClN2O2-. The predicted octanol–water partition coefficient (Wildman–Crippen LogP) is -1.76. The number of carbonyl (C=O) groups is 1. The zero-order valence-corrected chi connectivity index (χ0v) is 8.76. The van der Waals surface area contributed by atoms with Gasteiger partial charge in [-0.2, -0.15) is 0 Å². The van der Waals surface area contributed by atoms with Crippen LogP contribution in [-0.2, 0) is 4.79 Å². The average molecular weight is 216 g/mol. The largest absolute Gasteiger partial charge is 1.00 e. The molecule has 0 atom stereocenters. The van der Waals surface area contributed by atoms with Gasteiger partial charge in [0.25, 0.3) is 0 Å². The van der Waals surface area contributed by atoms with Crippen molar-refractivity contribution < 1.29 is 21.9 Å². The van der Waals surface area contributed by atoms with Crippen molar-refractivity contribution in [3.05, 3.63) is 18.2 Å². The van der Waals surface area contributed by atoms with Crippen LogP contribution in [0.3, 0.4) is 0 Å². The van der Waals surface area contributed by atoms with Gasteiger partial charge in [0.05, 0.1) is 12.8 Å². The van der Waals surface area contributed by atoms with E-state index in [1.165, 1.54) is 14.0 Å². The summed E-state index contributed by atoms with van der Waals surface area (Å²) >= 11 is 0. The molecule has 0 fully saturated rings. The van der Waals surface area contributed by atoms with E-state index in [1.807, 2.05) is 0 Å². The van der Waals surface area contributed by atoms with Gasteiger partial charge in [-0.3, -0.25) is 4.79 Å². The highest BCUT2D eigenvalue weighted by Gasteiger charge is 2.03. The van der Waals surface area contributed by atoms with Crippen molar-refractivity contribution in [3.8, 4) is 5.75 Å². The molecule has 0 bridgehead atoms. The summed E-state index contributed by atoms with van der Waals surface area (Å²) < 4.78 is 5.03. The van der Waals surface area contributed by atoms with Gasteiger partial charge in [0.15, 0.2) is 0 Å². The topological polar surface area (TPSA) is 64.3 Å². The van der Waals surface area contributed by atoms with E-state index in [-0.39, 0.29) is 18.3 Å². The standard InChI is InChI=1S/C9H12N2O2.ClH/c1-6(12)11-8-5-7(10)3-4-9(8)13-2;/h3-5H,10H2,1-2H3,(H,11,12);1H/p-1. The third kappa shape index (κ3) is 3.14. The monoisotopic (exact) mass is 215 g/mol. The van der Waals surface area contributed by atoms with Crippen LogP contribution in [0, 0.1) is 0 Å². The number of nitrogens with two attached hydrogens (primary N) is 1. The first-order valence-electron chi connectivity index (χ1n) is 3.84. The van der Waals surface area contributed by atoms with Crippen molar-refractivity contribution in [1.29, 1.82) is 0 Å². The Morgan fingerprint density at radius 3 is 2.64 bits per heavy atom. The molecule has 1 amide bonds. The molecule has 0 unspecified atom stereocenters. The predicted molar refractivity (Wildman–Crippen MR) is 51.7 cm³/mol. The zero-order valence-electron chi connectivity index (χ0n) is 8.00. The smallest absolute Gasteiger partial charge is 0.221 e. The molecule has 1 aromatic rings. The minimum absolute atomic E-state index is 0. The van der Waals surface area contributed by atoms with Crippen LogP contribution in [0.4, 0.5) is 11.4 Å². The third-order valence-electron chi connectivity index (χ3n) is 1.53. The molecule has 3 N–H and O–H groups in total. The number of nitrogen functional groups attached to an aromatic ring is 1. The van der Waals surface area contributed by atoms with Gasteiger partial charge in [0.2, 0.25) is 5.91 Å². The molecule has 0 spiro atoms. The number of methoxy groups -OCH3 is 1. The van der Waals surface area contributed by atoms with Crippen LogP contribution in [-0.4, -0.2) is 13.0 Å². The Morgan fingerprint density at radius 1 is 1.50 bits per heavy atom. The lowest BCUT2D eigenvalue weighted by molar-refractivity contribution is -0.114. The van der Waals surface area contributed by atoms with Gasteiger partial charge in [-0.1, -0.05) is 0 Å². The maximum Gasteiger partial charge on any atom is 0.221 e. The van der Waals surface area contributed by atoms with E-state index >= 15 is 0 Å². The SMILES string of the molecule is COc1ccc(N)cc1NC(C)=O.[Cl-]. The van der Waals surface area contributed by atoms with E-state index in [1.54, 1.807) is 18.2 Å². The number of nitrogens with one attached hydrogen (secondary N) is 1. The van der Waals surface area contributed by atoms with Crippen molar-refractivity contribution in [2.24, 2.45) is 0 Å². The molecule has 5 heteroatoms. The molecule has 1 rings (SSSR count). The van der Waals surface area contributed by atoms with E-state index in [9.17, 15) is 4.79 Å². The quantitative estimate of drug-likeness (QED) is 0.575. The number of ether oxygens (including phenoxy) is 1. The Hall–Kier alpha value is -1.42. The Kier molecular flexibility index (Phi) is 4.80. The Labute approximate surface area is 88.8 Å². The van der Waals surface area contributed by atoms with Gasteiger partial charge >= 0.3 is 0 Å². The molecular weight excluding hydrogens is 204 g/mol. The molecule has 78 valence electrons. The second-order valence-corrected chi connectivity index (χ2v) is 2.64. The maximum absolute atomic E-state index is 10.8. The summed E-state index contributed by atoms with van der Waals surface area (Å²) in [4.78, 5) is 10.8. The molecule has 0 saturated heterocycles. The summed E-state index contributed by atoms with van der Waals surface area (Å²) in [6.07, 6.45) is 0. The van der Waals surface area contributed by atoms with Crippen molar-refractivity contribution in [2.45, 2.75) is 6.92 Å². The fourth-order valence-corrected chi connectivity index (χ4v) is 1.01. The zero-order chi connectivity index (χ0) is 9.84. The van der Waals surface area contributed by atoms with Crippen molar-refractivity contribution >= 4 is 17.3 Å². The molecule has 0 heterocycles. The molecule has 0 aliphatic heterocycles. The summed E-state index contributed by atoms with van der Waals surface area (Å²) in [6, 6.07) is 5.07. The van der Waals surface area contributed by atoms with Crippen molar-refractivity contribution in [1.82, 2.24) is 0 Å². The number of benzene rings is 1. The summed E-state index contributed by atoms with van der Waals surface area (Å²) in [5, 5.41) is 2.62. The van der Waals surface area contributed by atoms with Gasteiger partial charge < -0.3 is 28.2 Å². The highest BCUT2D eigenvalue weighted by Crippen LogP contribution is 2.26. The summed E-state index contributed by atoms with van der Waals surface area (Å²) in [5.41, 5.74) is 6.73. The van der Waals surface area contributed by atoms with E-state index in [4.69, 9.17) is 10.5 Å². The first kappa shape index (κ1) is 12.6. The normalized spacial score (nSPS) is 8.71. The van der Waals surface area contributed by atoms with E-state index < -0.39 is 0 Å². The highest BCUT2D eigenvalue weighted by molar-refractivity contribution is 5.91. The molecule has 0 aliphatic rings. The highest BCUT2D eigenvalue weighted by atomic mass is 35.5. The Bertz CT molecular complexity index is 329. The lowest BCUT2D eigenvalue weighted by Gasteiger charge is -2.08. The van der Waals surface area contributed by atoms with Gasteiger partial charge in [-0.25, -0.2) is 0 Å². The maximum atomic E-state index is 10.8. The van der Waals surface area contributed by atoms with Gasteiger partial charge in [0.1, 0.15) is 5.75 Å². The van der Waals surface area contributed by atoms with Crippen LogP contribution in [0.25, 0.3) is 0 Å². The second-order valence-electron chi connectivity index (χ2n) is 2.64. The molecule has 14 heavy (non-hydrogen) atoms. The molecule has 0 saturated carbocycles. The number of anilines is 2. The van der Waals surface area contributed by atoms with Crippen LogP contribution < -0.4 is 28.2 Å². The van der Waals surface area contributed by atoms with E-state index in [0.717, 1.165) is 0 Å². The molecule has 4 nitrogen and oxygen atoms in total. The number of hydrogen-bond donors (Lipinski definition) is 2. The fourth-order valence-electron chi connectivity index (χ4n) is 1.01. The lowest BCUT2D eigenvalue weighted by Crippen LogP contribution is -3.00. The van der Waals surface area contributed by atoms with Crippen LogP contribution in [0.5, 0.6) is 5.75 Å². The molecule has 0 aliphatic carbocycles. The van der Waals surface area contributed by atoms with Gasteiger partial charge in [-0.15, -0.1) is 0 Å². The van der Waals surface area contributed by atoms with Crippen LogP contribution in [0.1, 0.15) is 6.92 Å². The summed E-state index contributed by atoms with van der Waals surface area (Å²) in [6.45, 7) is 1.43. The molecule has 0 radical (unpaired) electrons. The third-order valence-corrected chi connectivity index (χ3v) is 1.53. The van der Waals surface area contributed by atoms with Gasteiger partial charge in [0, 0.05) is 12.6 Å². The van der Waals surface area contributed by atoms with Crippen LogP contribution in [0.15, 0.2) is 18.2 Å². The van der Waals surface area contributed by atoms with E-state index in [2.05, 4.69) is 5.32 Å². The van der Waals surface area contributed by atoms with Crippen molar-refractivity contribution in [2.75, 3.05) is 18.2 Å². The fraction of sp³-hybridized carbons (Fsp3) is 0.222. The van der Waals surface area contributed by atoms with Crippen LogP contribution >= 0.6 is 0 Å². The lowest BCUT2D eigenvalue weighted by atomic mass is 10.2. The number of amides is 1. The first-order valence-corrected chi connectivity index (χ1v) is 3.84. The summed E-state index contributed by atoms with van der Waals surface area (Å²) in [7, 11) is 1.54. The number of rotatable bonds is 2. The van der Waals surface area contributed by atoms with Gasteiger partial charge in [-0.05, 0) is 18.2 Å². The summed E-state index contributed by atoms with van der Waals surface area (Å²) in [5.74, 6) is 0.452. The van der Waals surface area contributed by atoms with Crippen molar-refractivity contribution in [3.63, 3.8) is 0 Å². The average Bonchev–Trinajstić information content (AvgIpc) is 2.03. The number of halogens is 1. The number of carbonyl (C=O) groups excluding carboxylic acids is 1. The van der Waals surface area contributed by atoms with Crippen LogP contribution in [0.2, 0.25) is 0 Å². The minimum Gasteiger partial charge on any atom is -1.00 e. The molecule has 0 aromatic heterocycles. The number of hydrogen-bond acceptors (Lipinski definition) is 3. The second kappa shape index (κ2) is 5.34.